The number of unbranched alkanes of at least 4 members (excludes halogenated alkanes) is 27. The Bertz CT molecular complexity index is 1340. The number of carbonyl (C=O) groups is 2. The molecular weight excluding hydrogens is 856 g/mol. The number of likely N-dealkylation sites (N-methyl/N-ethyl adjacent to an activating group) is 1. The molecule has 0 fully saturated rings. The van der Waals surface area contributed by atoms with Crippen molar-refractivity contribution in [1.82, 2.24) is 5.32 Å². The van der Waals surface area contributed by atoms with E-state index in [0.717, 1.165) is 96.3 Å². The summed E-state index contributed by atoms with van der Waals surface area (Å²) in [5.41, 5.74) is 0. The van der Waals surface area contributed by atoms with Gasteiger partial charge in [-0.2, -0.15) is 0 Å². The second-order valence-corrected chi connectivity index (χ2v) is 21.2. The molecule has 2 N–H and O–H groups in total. The average Bonchev–Trinajstić information content (AvgIpc) is 3.28. The number of allylic oxidation sites excluding steroid dienone is 9. The summed E-state index contributed by atoms with van der Waals surface area (Å²) in [7, 11) is 1.47. The fourth-order valence-corrected chi connectivity index (χ4v) is 8.43. The van der Waals surface area contributed by atoms with Crippen LogP contribution in [0.2, 0.25) is 0 Å². The summed E-state index contributed by atoms with van der Waals surface area (Å²) in [6.45, 7) is 6.85. The van der Waals surface area contributed by atoms with E-state index in [9.17, 15) is 19.0 Å². The van der Waals surface area contributed by atoms with Crippen LogP contribution in [0, 0.1) is 0 Å². The molecule has 0 aliphatic heterocycles. The lowest BCUT2D eigenvalue weighted by Gasteiger charge is -2.27. The molecule has 1 amide bonds. The number of nitrogens with zero attached hydrogens (tertiary/aromatic N) is 1. The smallest absolute Gasteiger partial charge is 0.456 e. The van der Waals surface area contributed by atoms with Crippen LogP contribution in [0.3, 0.4) is 0 Å². The molecule has 0 aliphatic rings. The first kappa shape index (κ1) is 64.7. The first-order chi connectivity index (χ1) is 32.4. The van der Waals surface area contributed by atoms with Gasteiger partial charge in [0.1, 0.15) is 19.3 Å². The summed E-state index contributed by atoms with van der Waals surface area (Å²) in [5.74, 6) is -0.539. The summed E-state index contributed by atoms with van der Waals surface area (Å²) in [6.07, 6.45) is 57.8. The van der Waals surface area contributed by atoms with E-state index in [2.05, 4.69) is 74.7 Å². The van der Waals surface area contributed by atoms with Gasteiger partial charge in [0.05, 0.1) is 33.8 Å². The van der Waals surface area contributed by atoms with Crippen LogP contribution in [0.15, 0.2) is 60.8 Å². The number of hydrogen-bond donors (Lipinski definition) is 2. The van der Waals surface area contributed by atoms with Crippen molar-refractivity contribution >= 4 is 19.7 Å². The zero-order valence-electron chi connectivity index (χ0n) is 44.4. The molecule has 0 rings (SSSR count). The summed E-state index contributed by atoms with van der Waals surface area (Å²) in [5, 5.41) is 3.03. The van der Waals surface area contributed by atoms with E-state index in [-0.39, 0.29) is 31.5 Å². The highest BCUT2D eigenvalue weighted by Gasteiger charge is 2.30. The maximum Gasteiger partial charge on any atom is 0.472 e. The van der Waals surface area contributed by atoms with Gasteiger partial charge in [-0.15, -0.1) is 0 Å². The van der Waals surface area contributed by atoms with Crippen LogP contribution in [-0.2, 0) is 27.9 Å². The molecule has 0 aromatic rings. The zero-order chi connectivity index (χ0) is 49.4. The van der Waals surface area contributed by atoms with E-state index < -0.39 is 20.0 Å². The predicted octanol–water partition coefficient (Wildman–Crippen LogP) is 16.3. The molecule has 3 unspecified atom stereocenters. The fraction of sp³-hybridized carbons (Fsp3) is 0.789. The molecule has 10 heteroatoms. The van der Waals surface area contributed by atoms with Crippen molar-refractivity contribution in [2.45, 2.75) is 251 Å². The van der Waals surface area contributed by atoms with Crippen molar-refractivity contribution in [3.05, 3.63) is 60.8 Å². The van der Waals surface area contributed by atoms with Crippen LogP contribution in [0.1, 0.15) is 239 Å². The number of phosphoric acid groups is 1. The van der Waals surface area contributed by atoms with E-state index in [0.29, 0.717) is 23.9 Å². The first-order valence-corrected chi connectivity index (χ1v) is 29.1. The van der Waals surface area contributed by atoms with Gasteiger partial charge in [-0.1, -0.05) is 210 Å². The van der Waals surface area contributed by atoms with E-state index in [1.807, 2.05) is 33.3 Å². The van der Waals surface area contributed by atoms with Gasteiger partial charge in [0, 0.05) is 12.8 Å². The number of amides is 1. The second kappa shape index (κ2) is 47.4. The molecule has 0 spiro atoms. The average molecular weight is 962 g/mol. The van der Waals surface area contributed by atoms with Crippen molar-refractivity contribution in [3.8, 4) is 0 Å². The molecule has 67 heavy (non-hydrogen) atoms. The second-order valence-electron chi connectivity index (χ2n) is 19.8. The molecule has 0 radical (unpaired) electrons. The van der Waals surface area contributed by atoms with Gasteiger partial charge >= 0.3 is 13.8 Å². The summed E-state index contributed by atoms with van der Waals surface area (Å²) >= 11 is 0. The summed E-state index contributed by atoms with van der Waals surface area (Å²) < 4.78 is 30.5. The lowest BCUT2D eigenvalue weighted by Crippen LogP contribution is -2.47. The number of nitrogens with one attached hydrogen (secondary N) is 1. The van der Waals surface area contributed by atoms with Crippen LogP contribution in [0.25, 0.3) is 0 Å². The molecule has 0 saturated heterocycles. The highest BCUT2D eigenvalue weighted by atomic mass is 31.2. The third-order valence-electron chi connectivity index (χ3n) is 12.0. The third-order valence-corrected chi connectivity index (χ3v) is 13.0. The Balaban J connectivity index is 5.41. The van der Waals surface area contributed by atoms with Gasteiger partial charge in [-0.25, -0.2) is 4.57 Å². The van der Waals surface area contributed by atoms with Crippen molar-refractivity contribution in [2.24, 2.45) is 0 Å². The minimum absolute atomic E-state index is 0.0337. The number of ether oxygens (including phenoxy) is 1. The Morgan fingerprint density at radius 2 is 0.970 bits per heavy atom. The van der Waals surface area contributed by atoms with Crippen LogP contribution >= 0.6 is 7.82 Å². The summed E-state index contributed by atoms with van der Waals surface area (Å²) in [6, 6.07) is -0.860. The number of quaternary nitrogens is 1. The molecule has 0 saturated carbocycles. The lowest BCUT2D eigenvalue weighted by atomic mass is 10.0. The maximum atomic E-state index is 13.5. The Morgan fingerprint density at radius 3 is 1.46 bits per heavy atom. The van der Waals surface area contributed by atoms with Gasteiger partial charge in [-0.3, -0.25) is 18.6 Å². The highest BCUT2D eigenvalue weighted by molar-refractivity contribution is 7.47. The molecule has 0 aromatic heterocycles. The minimum Gasteiger partial charge on any atom is -0.456 e. The van der Waals surface area contributed by atoms with Crippen LogP contribution in [-0.4, -0.2) is 74.3 Å². The van der Waals surface area contributed by atoms with Crippen molar-refractivity contribution in [1.29, 1.82) is 0 Å². The summed E-state index contributed by atoms with van der Waals surface area (Å²) in [4.78, 5) is 37.5. The first-order valence-electron chi connectivity index (χ1n) is 27.6. The number of phosphoric ester groups is 1. The van der Waals surface area contributed by atoms with E-state index in [1.165, 1.54) is 103 Å². The van der Waals surface area contributed by atoms with Crippen molar-refractivity contribution < 1.29 is 37.3 Å². The van der Waals surface area contributed by atoms with Crippen LogP contribution in [0.4, 0.5) is 0 Å². The number of hydrogen-bond acceptors (Lipinski definition) is 6. The predicted molar refractivity (Wildman–Crippen MR) is 286 cm³/mol. The number of esters is 1. The molecule has 0 bridgehead atoms. The molecule has 0 aromatic carbocycles. The SMILES string of the molecule is CC/C=C/C=C/C=C\CCCCCCCC(=O)OC(/C=C/CCCCCCCCCCCC)C(COP(=O)(O)OCC[N+](C)(C)C)NC(=O)CCCCCCC/C=C/CCCCCCCCC. The molecule has 3 atom stereocenters. The standard InChI is InChI=1S/C57H105N2O7P/c1-7-10-13-16-19-22-25-28-29-30-32-34-37-40-43-46-49-56(60)58-54(53-65-67(62,63)64-52-51-59(4,5)6)55(48-45-42-39-36-33-27-24-21-18-15-12-9-3)66-57(61)50-47-44-41-38-35-31-26-23-20-17-14-11-8-2/h11,14,17,20,23,26,29-30,45,48,54-55H,7-10,12-13,15-16,18-19,21-22,24-25,27-28,31-44,46-47,49-53H2,1-6H3,(H-,58,60,62,63)/p+1/b14-11+,20-17+,26-23-,30-29+,48-45+. The van der Waals surface area contributed by atoms with Crippen LogP contribution in [0.5, 0.6) is 0 Å². The monoisotopic (exact) mass is 962 g/mol. The molecule has 390 valence electrons. The highest BCUT2D eigenvalue weighted by Crippen LogP contribution is 2.43. The zero-order valence-corrected chi connectivity index (χ0v) is 45.3. The molecule has 9 nitrogen and oxygen atoms in total. The van der Waals surface area contributed by atoms with Crippen LogP contribution < -0.4 is 5.32 Å². The topological polar surface area (TPSA) is 111 Å². The van der Waals surface area contributed by atoms with E-state index in [4.69, 9.17) is 13.8 Å². The van der Waals surface area contributed by atoms with Gasteiger partial charge in [-0.05, 0) is 76.7 Å². The minimum atomic E-state index is -4.45. The maximum absolute atomic E-state index is 13.5. The van der Waals surface area contributed by atoms with Crippen molar-refractivity contribution in [2.75, 3.05) is 40.9 Å². The quantitative estimate of drug-likeness (QED) is 0.0156. The Labute approximate surface area is 413 Å². The van der Waals surface area contributed by atoms with E-state index >= 15 is 0 Å². The molecule has 0 heterocycles. The van der Waals surface area contributed by atoms with Gasteiger partial charge in [0.25, 0.3) is 0 Å². The Morgan fingerprint density at radius 1 is 0.537 bits per heavy atom. The fourth-order valence-electron chi connectivity index (χ4n) is 7.70. The Kier molecular flexibility index (Phi) is 45.8. The van der Waals surface area contributed by atoms with Gasteiger partial charge < -0.3 is 19.4 Å². The Hall–Kier alpha value is -2.29. The lowest BCUT2D eigenvalue weighted by molar-refractivity contribution is -0.870. The largest absolute Gasteiger partial charge is 0.472 e. The van der Waals surface area contributed by atoms with E-state index in [1.54, 1.807) is 0 Å². The third kappa shape index (κ3) is 48.5. The molecule has 0 aliphatic carbocycles. The van der Waals surface area contributed by atoms with Gasteiger partial charge in [0.2, 0.25) is 5.91 Å². The number of carbonyl (C=O) groups excluding carboxylic acids is 2. The van der Waals surface area contributed by atoms with Crippen molar-refractivity contribution in [3.63, 3.8) is 0 Å². The normalized spacial score (nSPS) is 14.3. The number of rotatable bonds is 49. The molecular formula is C57H106N2O7P+. The van der Waals surface area contributed by atoms with Gasteiger partial charge in [0.15, 0.2) is 0 Å².